The van der Waals surface area contributed by atoms with Gasteiger partial charge in [0.1, 0.15) is 0 Å². The van der Waals surface area contributed by atoms with Gasteiger partial charge in [-0.05, 0) is 17.5 Å². The van der Waals surface area contributed by atoms with Crippen molar-refractivity contribution in [2.75, 3.05) is 0 Å². The second kappa shape index (κ2) is 2.48. The summed E-state index contributed by atoms with van der Waals surface area (Å²) in [4.78, 5) is 8.54. The molecular weight excluding hydrogens is 160 g/mol. The predicted octanol–water partition coefficient (Wildman–Crippen LogP) is 1.55. The average Bonchev–Trinajstić information content (AvgIpc) is 2.50. The van der Waals surface area contributed by atoms with Crippen LogP contribution in [0.25, 0.3) is 10.1 Å². The second-order valence-electron chi connectivity index (χ2n) is 2.07. The summed E-state index contributed by atoms with van der Waals surface area (Å²) in [6.07, 6.45) is 1.68. The Morgan fingerprint density at radius 1 is 1.45 bits per heavy atom. The van der Waals surface area contributed by atoms with E-state index in [0.29, 0.717) is 5.88 Å². The minimum absolute atomic E-state index is 0.490. The quantitative estimate of drug-likeness (QED) is 0.654. The van der Waals surface area contributed by atoms with E-state index in [2.05, 4.69) is 9.82 Å². The van der Waals surface area contributed by atoms with E-state index in [1.807, 2.05) is 17.5 Å². The normalized spacial score (nSPS) is 10.3. The maximum Gasteiger partial charge on any atom is 0.246 e. The van der Waals surface area contributed by atoms with Crippen LogP contribution in [-0.4, -0.2) is 4.98 Å². The summed E-state index contributed by atoms with van der Waals surface area (Å²) in [7, 11) is 0. The van der Waals surface area contributed by atoms with Gasteiger partial charge in [0.05, 0.1) is 5.39 Å². The van der Waals surface area contributed by atoms with Gasteiger partial charge in [0.25, 0.3) is 0 Å². The van der Waals surface area contributed by atoms with E-state index < -0.39 is 0 Å². The molecule has 0 saturated carbocycles. The molecule has 0 saturated heterocycles. The molecule has 0 spiro atoms. The van der Waals surface area contributed by atoms with Crippen LogP contribution in [0.1, 0.15) is 0 Å². The Hall–Kier alpha value is -1.13. The fourth-order valence-corrected chi connectivity index (χ4v) is 1.74. The Morgan fingerprint density at radius 3 is 3.18 bits per heavy atom. The zero-order chi connectivity index (χ0) is 7.68. The van der Waals surface area contributed by atoms with Crippen LogP contribution >= 0.6 is 11.3 Å². The highest BCUT2D eigenvalue weighted by molar-refractivity contribution is 7.17. The number of aromatic nitrogens is 1. The Kier molecular flexibility index (Phi) is 1.48. The fraction of sp³-hybridized carbons (Fsp3) is 0. The molecule has 0 amide bonds. The van der Waals surface area contributed by atoms with Gasteiger partial charge in [-0.3, -0.25) is 0 Å². The van der Waals surface area contributed by atoms with Gasteiger partial charge in [0, 0.05) is 10.9 Å². The lowest BCUT2D eigenvalue weighted by atomic mass is 10.3. The Bertz CT molecular complexity index is 371. The first kappa shape index (κ1) is 6.57. The Labute approximate surface area is 67.4 Å². The topological polar surface area (TPSA) is 48.1 Å². The van der Waals surface area contributed by atoms with Gasteiger partial charge in [-0.25, -0.2) is 4.98 Å². The van der Waals surface area contributed by atoms with E-state index >= 15 is 0 Å². The first-order chi connectivity index (χ1) is 5.42. The maximum atomic E-state index is 5.02. The first-order valence-electron chi connectivity index (χ1n) is 3.11. The van der Waals surface area contributed by atoms with Crippen LogP contribution in [0.4, 0.5) is 0 Å². The standard InChI is InChI=1S/C7H6N2OS/c8-10-7-5-2-4-11-6(5)1-3-9-7/h1-4H,8H2. The molecule has 2 N–H and O–H groups in total. The van der Waals surface area contributed by atoms with Crippen LogP contribution in [0.5, 0.6) is 5.88 Å². The zero-order valence-corrected chi connectivity index (χ0v) is 6.47. The third kappa shape index (κ3) is 0.961. The van der Waals surface area contributed by atoms with Gasteiger partial charge in [0.2, 0.25) is 5.88 Å². The van der Waals surface area contributed by atoms with Crippen molar-refractivity contribution in [3.8, 4) is 5.88 Å². The monoisotopic (exact) mass is 166 g/mol. The van der Waals surface area contributed by atoms with Crippen molar-refractivity contribution in [3.63, 3.8) is 0 Å². The summed E-state index contributed by atoms with van der Waals surface area (Å²) in [6.45, 7) is 0. The molecule has 0 atom stereocenters. The van der Waals surface area contributed by atoms with Crippen molar-refractivity contribution in [2.24, 2.45) is 5.90 Å². The molecule has 0 aliphatic rings. The van der Waals surface area contributed by atoms with Crippen molar-refractivity contribution in [1.82, 2.24) is 4.98 Å². The first-order valence-corrected chi connectivity index (χ1v) is 3.99. The highest BCUT2D eigenvalue weighted by Gasteiger charge is 2.01. The van der Waals surface area contributed by atoms with Gasteiger partial charge in [-0.2, -0.15) is 5.90 Å². The number of fused-ring (bicyclic) bond motifs is 1. The minimum Gasteiger partial charge on any atom is -0.390 e. The molecule has 0 bridgehead atoms. The molecule has 2 heterocycles. The lowest BCUT2D eigenvalue weighted by molar-refractivity contribution is 0.325. The highest BCUT2D eigenvalue weighted by Crippen LogP contribution is 2.26. The number of rotatable bonds is 1. The molecule has 0 aromatic carbocycles. The maximum absolute atomic E-state index is 5.02. The van der Waals surface area contributed by atoms with Crippen LogP contribution < -0.4 is 10.7 Å². The van der Waals surface area contributed by atoms with E-state index in [0.717, 1.165) is 10.1 Å². The van der Waals surface area contributed by atoms with E-state index in [9.17, 15) is 0 Å². The second-order valence-corrected chi connectivity index (χ2v) is 3.01. The fourth-order valence-electron chi connectivity index (χ4n) is 0.963. The van der Waals surface area contributed by atoms with Crippen LogP contribution in [0.2, 0.25) is 0 Å². The molecule has 0 unspecified atom stereocenters. The molecule has 0 radical (unpaired) electrons. The third-order valence-corrected chi connectivity index (χ3v) is 2.34. The molecule has 56 valence electrons. The molecular formula is C7H6N2OS. The lowest BCUT2D eigenvalue weighted by Crippen LogP contribution is -2.03. The molecule has 2 aromatic rings. The Balaban J connectivity index is 2.79. The number of pyridine rings is 1. The zero-order valence-electron chi connectivity index (χ0n) is 5.65. The van der Waals surface area contributed by atoms with Crippen LogP contribution in [-0.2, 0) is 0 Å². The molecule has 0 fully saturated rings. The number of hydrogen-bond donors (Lipinski definition) is 1. The van der Waals surface area contributed by atoms with Gasteiger partial charge < -0.3 is 4.84 Å². The summed E-state index contributed by atoms with van der Waals surface area (Å²) in [5.74, 6) is 5.51. The molecule has 0 aliphatic carbocycles. The number of hydrogen-bond acceptors (Lipinski definition) is 4. The molecule has 3 nitrogen and oxygen atoms in total. The van der Waals surface area contributed by atoms with Crippen molar-refractivity contribution in [3.05, 3.63) is 23.7 Å². The number of thiophene rings is 1. The van der Waals surface area contributed by atoms with Gasteiger partial charge >= 0.3 is 0 Å². The van der Waals surface area contributed by atoms with E-state index in [4.69, 9.17) is 5.90 Å². The molecule has 2 rings (SSSR count). The van der Waals surface area contributed by atoms with Gasteiger partial charge in [0.15, 0.2) is 0 Å². The van der Waals surface area contributed by atoms with Crippen LogP contribution in [0, 0.1) is 0 Å². The van der Waals surface area contributed by atoms with Gasteiger partial charge in [-0.1, -0.05) is 0 Å². The summed E-state index contributed by atoms with van der Waals surface area (Å²) in [5, 5.41) is 2.95. The van der Waals surface area contributed by atoms with Crippen molar-refractivity contribution in [1.29, 1.82) is 0 Å². The molecule has 11 heavy (non-hydrogen) atoms. The van der Waals surface area contributed by atoms with Crippen molar-refractivity contribution >= 4 is 21.4 Å². The third-order valence-electron chi connectivity index (χ3n) is 1.45. The molecule has 0 aliphatic heterocycles. The van der Waals surface area contributed by atoms with Crippen LogP contribution in [0.3, 0.4) is 0 Å². The predicted molar refractivity (Wildman–Crippen MR) is 44.4 cm³/mol. The molecule has 4 heteroatoms. The van der Waals surface area contributed by atoms with E-state index in [1.54, 1.807) is 17.5 Å². The minimum atomic E-state index is 0.490. The van der Waals surface area contributed by atoms with Crippen LogP contribution in [0.15, 0.2) is 23.7 Å². The van der Waals surface area contributed by atoms with Gasteiger partial charge in [-0.15, -0.1) is 11.3 Å². The summed E-state index contributed by atoms with van der Waals surface area (Å²) in [6, 6.07) is 3.87. The van der Waals surface area contributed by atoms with E-state index in [-0.39, 0.29) is 0 Å². The SMILES string of the molecule is NOc1nccc2sccc12. The van der Waals surface area contributed by atoms with Crippen molar-refractivity contribution in [2.45, 2.75) is 0 Å². The molecule has 2 aromatic heterocycles. The highest BCUT2D eigenvalue weighted by atomic mass is 32.1. The largest absolute Gasteiger partial charge is 0.390 e. The average molecular weight is 166 g/mol. The number of nitrogens with zero attached hydrogens (tertiary/aromatic N) is 1. The van der Waals surface area contributed by atoms with E-state index in [1.165, 1.54) is 0 Å². The number of nitrogens with two attached hydrogens (primary N) is 1. The lowest BCUT2D eigenvalue weighted by Gasteiger charge is -1.96. The summed E-state index contributed by atoms with van der Waals surface area (Å²) < 4.78 is 1.14. The Morgan fingerprint density at radius 2 is 2.36 bits per heavy atom. The van der Waals surface area contributed by atoms with Crippen molar-refractivity contribution < 1.29 is 4.84 Å². The summed E-state index contributed by atoms with van der Waals surface area (Å²) in [5.41, 5.74) is 0. The smallest absolute Gasteiger partial charge is 0.246 e. The summed E-state index contributed by atoms with van der Waals surface area (Å²) >= 11 is 1.64.